The van der Waals surface area contributed by atoms with Gasteiger partial charge in [0.2, 0.25) is 0 Å². The summed E-state index contributed by atoms with van der Waals surface area (Å²) in [6.07, 6.45) is 0. The maximum atomic E-state index is 14.3. The largest absolute Gasteiger partial charge is 0.495 e. The maximum absolute atomic E-state index is 14.3. The summed E-state index contributed by atoms with van der Waals surface area (Å²) in [5.74, 6) is 7.03. The third-order valence-electron chi connectivity index (χ3n) is 4.58. The summed E-state index contributed by atoms with van der Waals surface area (Å²) in [6, 6.07) is 20.9. The van der Waals surface area contributed by atoms with Crippen molar-refractivity contribution in [3.63, 3.8) is 0 Å². The third-order valence-corrected chi connectivity index (χ3v) is 4.58. The van der Waals surface area contributed by atoms with E-state index in [-0.39, 0.29) is 11.6 Å². The zero-order valence-electron chi connectivity index (χ0n) is 15.0. The summed E-state index contributed by atoms with van der Waals surface area (Å²) in [7, 11) is 3.10. The van der Waals surface area contributed by atoms with Crippen LogP contribution < -0.4 is 9.47 Å². The number of methoxy groups -OCH3 is 2. The summed E-state index contributed by atoms with van der Waals surface area (Å²) in [4.78, 5) is 0. The third kappa shape index (κ3) is 3.07. The molecule has 0 aromatic heterocycles. The molecule has 0 fully saturated rings. The lowest BCUT2D eigenvalue weighted by molar-refractivity contribution is 0.389. The molecule has 0 amide bonds. The van der Waals surface area contributed by atoms with Crippen LogP contribution in [0.3, 0.4) is 0 Å². The zero-order valence-corrected chi connectivity index (χ0v) is 15.0. The fourth-order valence-corrected chi connectivity index (χ4v) is 3.19. The molecule has 0 aliphatic rings. The molecule has 0 unspecified atom stereocenters. The summed E-state index contributed by atoms with van der Waals surface area (Å²) in [5.41, 5.74) is 1.65. The highest BCUT2D eigenvalue weighted by atomic mass is 19.1. The van der Waals surface area contributed by atoms with Gasteiger partial charge in [-0.2, -0.15) is 0 Å². The van der Waals surface area contributed by atoms with E-state index in [9.17, 15) is 4.39 Å². The van der Waals surface area contributed by atoms with Gasteiger partial charge in [0.25, 0.3) is 0 Å². The lowest BCUT2D eigenvalue weighted by Crippen LogP contribution is -1.90. The van der Waals surface area contributed by atoms with Crippen molar-refractivity contribution < 1.29 is 13.9 Å². The molecule has 0 N–H and O–H groups in total. The molecule has 0 saturated heterocycles. The SMILES string of the molecule is COc1ccc2cc(C#Cc3c(OC)ccc4ccccc34)ccc2c1F. The van der Waals surface area contributed by atoms with Crippen molar-refractivity contribution in [2.24, 2.45) is 0 Å². The van der Waals surface area contributed by atoms with Crippen LogP contribution in [0.2, 0.25) is 0 Å². The molecule has 2 nitrogen and oxygen atoms in total. The molecule has 0 saturated carbocycles. The fourth-order valence-electron chi connectivity index (χ4n) is 3.19. The second kappa shape index (κ2) is 7.01. The van der Waals surface area contributed by atoms with Gasteiger partial charge in [0.05, 0.1) is 19.8 Å². The fraction of sp³-hybridized carbons (Fsp3) is 0.0833. The van der Waals surface area contributed by atoms with Crippen LogP contribution >= 0.6 is 0 Å². The van der Waals surface area contributed by atoms with Crippen LogP contribution in [-0.2, 0) is 0 Å². The van der Waals surface area contributed by atoms with Crippen LogP contribution in [0.4, 0.5) is 4.39 Å². The molecule has 0 atom stereocenters. The molecule has 0 heterocycles. The lowest BCUT2D eigenvalue weighted by atomic mass is 10.0. The molecule has 4 rings (SSSR count). The average molecular weight is 356 g/mol. The first-order valence-electron chi connectivity index (χ1n) is 8.55. The number of benzene rings is 4. The molecule has 0 radical (unpaired) electrons. The Balaban J connectivity index is 1.82. The minimum atomic E-state index is -0.356. The second-order valence-electron chi connectivity index (χ2n) is 6.13. The van der Waals surface area contributed by atoms with Gasteiger partial charge in [0.15, 0.2) is 11.6 Å². The van der Waals surface area contributed by atoms with Crippen molar-refractivity contribution in [3.8, 4) is 23.3 Å². The number of hydrogen-bond acceptors (Lipinski definition) is 2. The Morgan fingerprint density at radius 1 is 0.704 bits per heavy atom. The van der Waals surface area contributed by atoms with E-state index < -0.39 is 0 Å². The van der Waals surface area contributed by atoms with Gasteiger partial charge < -0.3 is 9.47 Å². The Kier molecular flexibility index (Phi) is 4.40. The van der Waals surface area contributed by atoms with Gasteiger partial charge in [-0.05, 0) is 35.0 Å². The molecule has 0 aliphatic carbocycles. The molecule has 0 aliphatic heterocycles. The summed E-state index contributed by atoms with van der Waals surface area (Å²) in [5, 5.41) is 3.45. The van der Waals surface area contributed by atoms with Crippen LogP contribution in [0.5, 0.6) is 11.5 Å². The van der Waals surface area contributed by atoms with E-state index in [1.165, 1.54) is 7.11 Å². The van der Waals surface area contributed by atoms with Gasteiger partial charge in [-0.3, -0.25) is 0 Å². The van der Waals surface area contributed by atoms with Gasteiger partial charge in [-0.25, -0.2) is 4.39 Å². The quantitative estimate of drug-likeness (QED) is 0.439. The van der Waals surface area contributed by atoms with Crippen LogP contribution in [0.1, 0.15) is 11.1 Å². The number of halogens is 1. The van der Waals surface area contributed by atoms with Gasteiger partial charge in [0, 0.05) is 16.3 Å². The lowest BCUT2D eigenvalue weighted by Gasteiger charge is -2.07. The van der Waals surface area contributed by atoms with Crippen molar-refractivity contribution in [2.45, 2.75) is 0 Å². The Morgan fingerprint density at radius 2 is 1.44 bits per heavy atom. The average Bonchev–Trinajstić information content (AvgIpc) is 2.72. The van der Waals surface area contributed by atoms with Crippen LogP contribution in [0.25, 0.3) is 21.5 Å². The highest BCUT2D eigenvalue weighted by Gasteiger charge is 2.08. The van der Waals surface area contributed by atoms with E-state index in [2.05, 4.69) is 11.8 Å². The smallest absolute Gasteiger partial charge is 0.172 e. The summed E-state index contributed by atoms with van der Waals surface area (Å²) < 4.78 is 24.9. The van der Waals surface area contributed by atoms with Gasteiger partial charge in [0.1, 0.15) is 5.75 Å². The summed E-state index contributed by atoms with van der Waals surface area (Å²) in [6.45, 7) is 0. The molecule has 27 heavy (non-hydrogen) atoms. The van der Waals surface area contributed by atoms with E-state index in [4.69, 9.17) is 9.47 Å². The molecule has 3 heteroatoms. The minimum Gasteiger partial charge on any atom is -0.495 e. The number of fused-ring (bicyclic) bond motifs is 2. The van der Waals surface area contributed by atoms with E-state index in [0.29, 0.717) is 5.39 Å². The highest BCUT2D eigenvalue weighted by molar-refractivity contribution is 5.91. The van der Waals surface area contributed by atoms with Crippen LogP contribution in [0, 0.1) is 17.7 Å². The Labute approximate surface area is 157 Å². The zero-order chi connectivity index (χ0) is 18.8. The maximum Gasteiger partial charge on any atom is 0.172 e. The minimum absolute atomic E-state index is 0.238. The molecule has 4 aromatic carbocycles. The first-order chi connectivity index (χ1) is 13.2. The molecule has 0 spiro atoms. The molecular formula is C24H17FO2. The van der Waals surface area contributed by atoms with Crippen molar-refractivity contribution in [2.75, 3.05) is 14.2 Å². The van der Waals surface area contributed by atoms with Gasteiger partial charge in [-0.1, -0.05) is 54.3 Å². The van der Waals surface area contributed by atoms with Gasteiger partial charge in [-0.15, -0.1) is 0 Å². The summed E-state index contributed by atoms with van der Waals surface area (Å²) >= 11 is 0. The second-order valence-corrected chi connectivity index (χ2v) is 6.13. The molecule has 0 bridgehead atoms. The standard InChI is InChI=1S/C24H17FO2/c1-26-22-13-9-17-5-3-4-6-19(17)21(22)12-8-16-7-11-20-18(15-16)10-14-23(27-2)24(20)25/h3-7,9-11,13-15H,1-2H3. The predicted octanol–water partition coefficient (Wildman–Crippen LogP) is 5.55. The molecular weight excluding hydrogens is 339 g/mol. The first-order valence-corrected chi connectivity index (χ1v) is 8.55. The monoisotopic (exact) mass is 356 g/mol. The van der Waals surface area contributed by atoms with Crippen LogP contribution in [0.15, 0.2) is 66.7 Å². The van der Waals surface area contributed by atoms with Gasteiger partial charge >= 0.3 is 0 Å². The number of ether oxygens (including phenoxy) is 2. The Bertz CT molecular complexity index is 1220. The van der Waals surface area contributed by atoms with E-state index in [1.807, 2.05) is 54.6 Å². The first kappa shape index (κ1) is 16.9. The van der Waals surface area contributed by atoms with Crippen molar-refractivity contribution in [1.29, 1.82) is 0 Å². The Hall–Kier alpha value is -3.51. The number of rotatable bonds is 2. The predicted molar refractivity (Wildman–Crippen MR) is 107 cm³/mol. The normalized spacial score (nSPS) is 10.5. The highest BCUT2D eigenvalue weighted by Crippen LogP contribution is 2.28. The molecule has 132 valence electrons. The van der Waals surface area contributed by atoms with Crippen LogP contribution in [-0.4, -0.2) is 14.2 Å². The molecule has 4 aromatic rings. The van der Waals surface area contributed by atoms with E-state index in [1.54, 1.807) is 19.2 Å². The topological polar surface area (TPSA) is 18.5 Å². The van der Waals surface area contributed by atoms with Crippen molar-refractivity contribution in [1.82, 2.24) is 0 Å². The van der Waals surface area contributed by atoms with Crippen molar-refractivity contribution in [3.05, 3.63) is 83.7 Å². The van der Waals surface area contributed by atoms with Crippen molar-refractivity contribution >= 4 is 21.5 Å². The number of hydrogen-bond donors (Lipinski definition) is 0. The Morgan fingerprint density at radius 3 is 2.26 bits per heavy atom. The van der Waals surface area contributed by atoms with E-state index in [0.717, 1.165) is 33.0 Å². The van der Waals surface area contributed by atoms with E-state index >= 15 is 0 Å².